The van der Waals surface area contributed by atoms with E-state index in [4.69, 9.17) is 4.42 Å². The number of carbonyl (C=O) groups is 1. The molecule has 0 fully saturated rings. The lowest BCUT2D eigenvalue weighted by molar-refractivity contribution is 0.0992. The maximum Gasteiger partial charge on any atom is 0.336 e. The van der Waals surface area contributed by atoms with Crippen LogP contribution >= 0.6 is 23.1 Å². The highest BCUT2D eigenvalue weighted by Crippen LogP contribution is 2.24. The molecule has 0 aliphatic carbocycles. The fourth-order valence-electron chi connectivity index (χ4n) is 1.90. The van der Waals surface area contributed by atoms with E-state index in [9.17, 15) is 14.0 Å². The van der Waals surface area contributed by atoms with Crippen LogP contribution in [0.5, 0.6) is 0 Å². The summed E-state index contributed by atoms with van der Waals surface area (Å²) in [6, 6.07) is 8.23. The molecule has 0 aliphatic heterocycles. The van der Waals surface area contributed by atoms with Crippen LogP contribution in [0.4, 0.5) is 9.52 Å². The Balaban J connectivity index is 1.89. The second kappa shape index (κ2) is 6.93. The lowest BCUT2D eigenvalue weighted by Crippen LogP contribution is -2.14. The summed E-state index contributed by atoms with van der Waals surface area (Å²) in [5.41, 5.74) is 0.376. The van der Waals surface area contributed by atoms with E-state index in [1.54, 1.807) is 0 Å². The van der Waals surface area contributed by atoms with E-state index < -0.39 is 11.5 Å². The monoisotopic (exact) mass is 363 g/mol. The van der Waals surface area contributed by atoms with Crippen molar-refractivity contribution in [3.05, 3.63) is 58.4 Å². The van der Waals surface area contributed by atoms with Gasteiger partial charge in [0.25, 0.3) is 5.91 Å². The number of rotatable bonds is 4. The number of hydrogen-bond acceptors (Lipinski definition) is 7. The zero-order valence-electron chi connectivity index (χ0n) is 12.3. The van der Waals surface area contributed by atoms with Crippen molar-refractivity contribution in [3.63, 3.8) is 0 Å². The molecule has 1 amide bonds. The third kappa shape index (κ3) is 3.69. The molecule has 0 spiro atoms. The Morgan fingerprint density at radius 1 is 1.21 bits per heavy atom. The summed E-state index contributed by atoms with van der Waals surface area (Å²) in [6.45, 7) is 0. The van der Waals surface area contributed by atoms with Gasteiger partial charge in [-0.25, -0.2) is 9.18 Å². The van der Waals surface area contributed by atoms with Gasteiger partial charge in [-0.2, -0.15) is 0 Å². The quantitative estimate of drug-likeness (QED) is 0.566. The highest BCUT2D eigenvalue weighted by Gasteiger charge is 2.14. The molecule has 0 aliphatic rings. The van der Waals surface area contributed by atoms with Gasteiger partial charge in [0, 0.05) is 6.07 Å². The fraction of sp³-hybridized carbons (Fsp3) is 0.0667. The minimum absolute atomic E-state index is 0.164. The zero-order chi connectivity index (χ0) is 17.1. The van der Waals surface area contributed by atoms with Crippen LogP contribution in [0.25, 0.3) is 11.1 Å². The summed E-state index contributed by atoms with van der Waals surface area (Å²) in [7, 11) is 0. The lowest BCUT2D eigenvalue weighted by atomic mass is 10.1. The molecule has 3 aromatic rings. The predicted octanol–water partition coefficient (Wildman–Crippen LogP) is 3.27. The number of nitrogens with zero attached hydrogens (tertiary/aromatic N) is 2. The smallest absolute Gasteiger partial charge is 0.336 e. The van der Waals surface area contributed by atoms with Gasteiger partial charge in [-0.15, -0.1) is 10.2 Å². The van der Waals surface area contributed by atoms with Crippen LogP contribution in [0.2, 0.25) is 0 Å². The number of amides is 1. The Morgan fingerprint density at radius 2 is 1.96 bits per heavy atom. The predicted molar refractivity (Wildman–Crippen MR) is 90.0 cm³/mol. The molecule has 6 nitrogen and oxygen atoms in total. The molecule has 0 saturated carbocycles. The summed E-state index contributed by atoms with van der Waals surface area (Å²) in [4.78, 5) is 23.9. The second-order valence-corrected chi connectivity index (χ2v) is 6.60. The van der Waals surface area contributed by atoms with Crippen LogP contribution in [-0.4, -0.2) is 22.4 Å². The van der Waals surface area contributed by atoms with Crippen LogP contribution in [0, 0.1) is 5.82 Å². The first-order valence-corrected chi connectivity index (χ1v) is 8.69. The molecule has 0 radical (unpaired) electrons. The molecule has 0 atom stereocenters. The number of thioether (sulfide) groups is 1. The minimum atomic E-state index is -0.677. The number of anilines is 1. The largest absolute Gasteiger partial charge is 0.417 e. The first-order valence-electron chi connectivity index (χ1n) is 6.65. The van der Waals surface area contributed by atoms with E-state index in [2.05, 4.69) is 15.5 Å². The zero-order valence-corrected chi connectivity index (χ0v) is 13.9. The van der Waals surface area contributed by atoms with Gasteiger partial charge in [0.15, 0.2) is 10.1 Å². The number of benzene rings is 1. The van der Waals surface area contributed by atoms with Crippen molar-refractivity contribution >= 4 is 34.1 Å². The van der Waals surface area contributed by atoms with E-state index >= 15 is 0 Å². The van der Waals surface area contributed by atoms with Crippen molar-refractivity contribution in [2.24, 2.45) is 0 Å². The maximum absolute atomic E-state index is 13.0. The first kappa shape index (κ1) is 16.3. The van der Waals surface area contributed by atoms with Gasteiger partial charge in [-0.05, 0) is 35.6 Å². The summed E-state index contributed by atoms with van der Waals surface area (Å²) in [5, 5.41) is 10.5. The Labute approximate surface area is 143 Å². The van der Waals surface area contributed by atoms with Crippen molar-refractivity contribution < 1.29 is 13.6 Å². The molecular formula is C15H10FN3O3S2. The molecule has 1 aromatic carbocycles. The van der Waals surface area contributed by atoms with E-state index in [1.807, 2.05) is 6.26 Å². The SMILES string of the molecule is CSc1nnc(NC(=O)c2cc(-c3ccc(F)cc3)cc(=O)o2)s1. The standard InChI is InChI=1S/C15H10FN3O3S2/c1-23-15-19-18-14(24-15)17-13(21)11-6-9(7-12(20)22-11)8-2-4-10(16)5-3-8/h2-7H,1H3,(H,17,18,21). The molecule has 0 saturated heterocycles. The number of aromatic nitrogens is 2. The van der Waals surface area contributed by atoms with E-state index in [-0.39, 0.29) is 11.6 Å². The normalized spacial score (nSPS) is 10.6. The van der Waals surface area contributed by atoms with Gasteiger partial charge < -0.3 is 4.42 Å². The Bertz CT molecular complexity index is 938. The van der Waals surface area contributed by atoms with Gasteiger partial charge in [0.05, 0.1) is 0 Å². The third-order valence-corrected chi connectivity index (χ3v) is 4.79. The minimum Gasteiger partial charge on any atom is -0.417 e. The van der Waals surface area contributed by atoms with Crippen molar-refractivity contribution in [3.8, 4) is 11.1 Å². The molecule has 122 valence electrons. The van der Waals surface area contributed by atoms with Crippen molar-refractivity contribution in [2.75, 3.05) is 11.6 Å². The molecule has 1 N–H and O–H groups in total. The van der Waals surface area contributed by atoms with Gasteiger partial charge in [0.2, 0.25) is 5.13 Å². The number of hydrogen-bond donors (Lipinski definition) is 1. The Hall–Kier alpha value is -2.52. The molecule has 0 unspecified atom stereocenters. The Morgan fingerprint density at radius 3 is 2.62 bits per heavy atom. The van der Waals surface area contributed by atoms with E-state index in [1.165, 1.54) is 59.5 Å². The lowest BCUT2D eigenvalue weighted by Gasteiger charge is -2.04. The third-order valence-electron chi connectivity index (χ3n) is 2.97. The van der Waals surface area contributed by atoms with Gasteiger partial charge in [-0.1, -0.05) is 35.2 Å². The van der Waals surface area contributed by atoms with E-state index in [0.29, 0.717) is 20.6 Å². The van der Waals surface area contributed by atoms with Crippen LogP contribution in [0.15, 0.2) is 49.9 Å². The van der Waals surface area contributed by atoms with E-state index in [0.717, 1.165) is 0 Å². The van der Waals surface area contributed by atoms with Gasteiger partial charge in [0.1, 0.15) is 5.82 Å². The number of nitrogens with one attached hydrogen (secondary N) is 1. The molecule has 9 heteroatoms. The summed E-state index contributed by atoms with van der Waals surface area (Å²) in [5.74, 6) is -1.16. The number of carbonyl (C=O) groups excluding carboxylic acids is 1. The Kier molecular flexibility index (Phi) is 4.72. The molecule has 2 heterocycles. The van der Waals surface area contributed by atoms with Crippen LogP contribution in [0.3, 0.4) is 0 Å². The molecular weight excluding hydrogens is 353 g/mol. The highest BCUT2D eigenvalue weighted by molar-refractivity contribution is 8.00. The molecule has 2 aromatic heterocycles. The first-order chi connectivity index (χ1) is 11.5. The summed E-state index contributed by atoms with van der Waals surface area (Å²) >= 11 is 2.61. The van der Waals surface area contributed by atoms with Crippen molar-refractivity contribution in [1.82, 2.24) is 10.2 Å². The van der Waals surface area contributed by atoms with Crippen molar-refractivity contribution in [2.45, 2.75) is 4.34 Å². The van der Waals surface area contributed by atoms with Gasteiger partial charge in [-0.3, -0.25) is 10.1 Å². The molecule has 3 rings (SSSR count). The molecule has 24 heavy (non-hydrogen) atoms. The van der Waals surface area contributed by atoms with Crippen LogP contribution < -0.4 is 10.9 Å². The molecule has 0 bridgehead atoms. The van der Waals surface area contributed by atoms with Gasteiger partial charge >= 0.3 is 5.63 Å². The fourth-order valence-corrected chi connectivity index (χ4v) is 3.06. The van der Waals surface area contributed by atoms with Crippen molar-refractivity contribution in [1.29, 1.82) is 0 Å². The topological polar surface area (TPSA) is 85.1 Å². The van der Waals surface area contributed by atoms with Crippen LogP contribution in [-0.2, 0) is 0 Å². The summed E-state index contributed by atoms with van der Waals surface area (Å²) in [6.07, 6.45) is 1.84. The average molecular weight is 363 g/mol. The average Bonchev–Trinajstić information content (AvgIpc) is 3.02. The maximum atomic E-state index is 13.0. The highest BCUT2D eigenvalue weighted by atomic mass is 32.2. The summed E-state index contributed by atoms with van der Waals surface area (Å²) < 4.78 is 18.6. The number of halogens is 1. The second-order valence-electron chi connectivity index (χ2n) is 4.57. The van der Waals surface area contributed by atoms with Crippen LogP contribution in [0.1, 0.15) is 10.6 Å².